The molecule has 1 aliphatic rings. The van der Waals surface area contributed by atoms with Crippen molar-refractivity contribution in [3.05, 3.63) is 66.7 Å². The number of hydrogen-bond acceptors (Lipinski definition) is 5. The second-order valence-electron chi connectivity index (χ2n) is 17.4. The van der Waals surface area contributed by atoms with Crippen LogP contribution in [-0.4, -0.2) is 60.2 Å². The molecule has 0 bridgehead atoms. The molecule has 5 rings (SSSR count). The summed E-state index contributed by atoms with van der Waals surface area (Å²) in [5, 5.41) is 12.7. The summed E-state index contributed by atoms with van der Waals surface area (Å²) in [5.41, 5.74) is 2.52. The van der Waals surface area contributed by atoms with Gasteiger partial charge in [0.2, 0.25) is 8.32 Å². The van der Waals surface area contributed by atoms with Gasteiger partial charge in [-0.1, -0.05) is 79.4 Å². The lowest BCUT2D eigenvalue weighted by Crippen LogP contribution is -2.54. The third-order valence-electron chi connectivity index (χ3n) is 10.6. The minimum Gasteiger partial charge on any atom is -0.543 e. The zero-order chi connectivity index (χ0) is 36.0. The van der Waals surface area contributed by atoms with Crippen LogP contribution in [0.25, 0.3) is 33.3 Å². The van der Waals surface area contributed by atoms with E-state index in [1.165, 1.54) is 0 Å². The number of pyridine rings is 1. The number of amides is 1. The minimum absolute atomic E-state index is 0.132. The number of carbonyl (C=O) groups is 1. The average molecular weight is 701 g/mol. The van der Waals surface area contributed by atoms with Crippen LogP contribution in [0.15, 0.2) is 60.9 Å². The van der Waals surface area contributed by atoms with Crippen molar-refractivity contribution >= 4 is 33.3 Å². The van der Waals surface area contributed by atoms with E-state index in [4.69, 9.17) is 19.1 Å². The highest BCUT2D eigenvalue weighted by Crippen LogP contribution is 2.51. The lowest BCUT2D eigenvalue weighted by Gasteiger charge is -2.46. The molecule has 4 aromatic rings. The Morgan fingerprint density at radius 2 is 1.57 bits per heavy atom. The van der Waals surface area contributed by atoms with Crippen LogP contribution in [-0.2, 0) is 17.0 Å². The molecule has 1 amide bonds. The molecule has 1 fully saturated rings. The molecule has 10 heteroatoms. The molecule has 8 nitrogen and oxygen atoms in total. The van der Waals surface area contributed by atoms with E-state index < -0.39 is 33.4 Å². The van der Waals surface area contributed by atoms with Crippen LogP contribution in [0.2, 0.25) is 43.8 Å². The average Bonchev–Trinajstić information content (AvgIpc) is 3.63. The number of hydrogen-bond donors (Lipinski definition) is 1. The molecule has 3 heterocycles. The van der Waals surface area contributed by atoms with Gasteiger partial charge in [0.1, 0.15) is 23.8 Å². The molecule has 1 aliphatic heterocycles. The monoisotopic (exact) mass is 700 g/mol. The van der Waals surface area contributed by atoms with Crippen LogP contribution in [0.3, 0.4) is 0 Å². The van der Waals surface area contributed by atoms with Crippen molar-refractivity contribution in [3.63, 3.8) is 0 Å². The van der Waals surface area contributed by atoms with Crippen LogP contribution in [0, 0.1) is 5.41 Å². The molecule has 0 saturated carbocycles. The Hall–Kier alpha value is -3.48. The lowest BCUT2D eigenvalue weighted by molar-refractivity contribution is 0.00957. The molecular formula is C39H56N4O4Si2. The second kappa shape index (κ2) is 13.3. The molecule has 1 atom stereocenters. The van der Waals surface area contributed by atoms with Crippen molar-refractivity contribution in [1.29, 1.82) is 0 Å². The van der Waals surface area contributed by atoms with Gasteiger partial charge in [-0.2, -0.15) is 0 Å². The zero-order valence-corrected chi connectivity index (χ0v) is 33.5. The third kappa shape index (κ3) is 7.51. The summed E-state index contributed by atoms with van der Waals surface area (Å²) in [6.07, 6.45) is 4.33. The Bertz CT molecular complexity index is 1800. The van der Waals surface area contributed by atoms with Crippen molar-refractivity contribution in [2.75, 3.05) is 13.2 Å². The maximum atomic E-state index is 12.6. The summed E-state index contributed by atoms with van der Waals surface area (Å²) in [7, 11) is -3.22. The fraction of sp³-hybridized carbons (Fsp3) is 0.513. The minimum atomic E-state index is -1.93. The Morgan fingerprint density at radius 1 is 0.898 bits per heavy atom. The summed E-state index contributed by atoms with van der Waals surface area (Å²) in [6, 6.07) is 18.0. The van der Waals surface area contributed by atoms with Gasteiger partial charge in [0.15, 0.2) is 0 Å². The van der Waals surface area contributed by atoms with Gasteiger partial charge in [-0.05, 0) is 83.5 Å². The smallest absolute Gasteiger partial charge is 0.408 e. The Morgan fingerprint density at radius 3 is 2.18 bits per heavy atom. The number of benzene rings is 2. The standard InChI is InChI=1S/C39H56N4O4Si2/c1-37(2,3)39(19-12-20-43(39)36(44)45)35-41-26-34(42(35)27-46-21-22-48(7,8)9)31-16-18-33(40-25-31)30-14-13-29-24-32(17-15-28(29)23-30)47-49(10,11)38(4,5)6/h13-18,23-26H,12,19-22,27H2,1-11H3,(H,44,45)/t39-/m1/s1. The molecule has 2 aromatic heterocycles. The molecule has 2 aromatic carbocycles. The quantitative estimate of drug-likeness (QED) is 0.131. The number of rotatable bonds is 10. The molecule has 0 radical (unpaired) electrons. The highest BCUT2D eigenvalue weighted by atomic mass is 28.4. The first-order chi connectivity index (χ1) is 22.7. The Balaban J connectivity index is 1.47. The molecule has 0 spiro atoms. The van der Waals surface area contributed by atoms with Crippen LogP contribution in [0.4, 0.5) is 4.79 Å². The van der Waals surface area contributed by atoms with E-state index in [9.17, 15) is 9.90 Å². The van der Waals surface area contributed by atoms with E-state index in [0.717, 1.165) is 57.3 Å². The Labute approximate surface area is 295 Å². The SMILES string of the molecule is CC(C)(C)[C@]1(c2ncc(-c3ccc(-c4ccc5cc(O[Si](C)(C)C(C)(C)C)ccc5c4)nc3)n2COCC[Si](C)(C)C)CCCN1C(=O)O. The molecule has 0 aliphatic carbocycles. The second-order valence-corrected chi connectivity index (χ2v) is 27.8. The maximum Gasteiger partial charge on any atom is 0.408 e. The van der Waals surface area contributed by atoms with Crippen molar-refractivity contribution in [2.24, 2.45) is 5.41 Å². The summed E-state index contributed by atoms with van der Waals surface area (Å²) >= 11 is 0. The number of aromatic nitrogens is 3. The number of fused-ring (bicyclic) bond motifs is 1. The first kappa shape index (κ1) is 36.8. The van der Waals surface area contributed by atoms with Gasteiger partial charge >= 0.3 is 6.09 Å². The fourth-order valence-electron chi connectivity index (χ4n) is 6.64. The first-order valence-corrected chi connectivity index (χ1v) is 24.2. The van der Waals surface area contributed by atoms with E-state index >= 15 is 0 Å². The van der Waals surface area contributed by atoms with Crippen LogP contribution in [0.1, 0.15) is 60.2 Å². The molecule has 264 valence electrons. The highest BCUT2D eigenvalue weighted by molar-refractivity contribution is 6.76. The molecule has 1 N–H and O–H groups in total. The van der Waals surface area contributed by atoms with Gasteiger partial charge < -0.3 is 18.8 Å². The number of nitrogens with zero attached hydrogens (tertiary/aromatic N) is 4. The van der Waals surface area contributed by atoms with Crippen molar-refractivity contribution in [2.45, 2.75) is 110 Å². The fourth-order valence-corrected chi connectivity index (χ4v) is 8.42. The topological polar surface area (TPSA) is 89.7 Å². The van der Waals surface area contributed by atoms with E-state index in [1.807, 2.05) is 18.5 Å². The predicted octanol–water partition coefficient (Wildman–Crippen LogP) is 10.5. The molecule has 49 heavy (non-hydrogen) atoms. The Kier molecular flexibility index (Phi) is 10.0. The summed E-state index contributed by atoms with van der Waals surface area (Å²) in [6.45, 7) is 26.1. The van der Waals surface area contributed by atoms with Gasteiger partial charge in [0.25, 0.3) is 0 Å². The molecular weight excluding hydrogens is 645 g/mol. The summed E-state index contributed by atoms with van der Waals surface area (Å²) in [5.74, 6) is 1.66. The van der Waals surface area contributed by atoms with Gasteiger partial charge in [0.05, 0.1) is 17.6 Å². The van der Waals surface area contributed by atoms with Crippen molar-refractivity contribution in [3.8, 4) is 28.3 Å². The lowest BCUT2D eigenvalue weighted by atomic mass is 9.71. The number of carboxylic acid groups (broad SMARTS) is 1. The predicted molar refractivity (Wildman–Crippen MR) is 205 cm³/mol. The third-order valence-corrected chi connectivity index (χ3v) is 16.7. The largest absolute Gasteiger partial charge is 0.543 e. The van der Waals surface area contributed by atoms with Crippen LogP contribution < -0.4 is 4.43 Å². The van der Waals surface area contributed by atoms with E-state index in [2.05, 4.69) is 121 Å². The summed E-state index contributed by atoms with van der Waals surface area (Å²) < 4.78 is 15.0. The highest BCUT2D eigenvalue weighted by Gasteiger charge is 2.56. The van der Waals surface area contributed by atoms with E-state index in [0.29, 0.717) is 26.3 Å². The van der Waals surface area contributed by atoms with E-state index in [1.54, 1.807) is 4.90 Å². The zero-order valence-electron chi connectivity index (χ0n) is 31.5. The summed E-state index contributed by atoms with van der Waals surface area (Å²) in [4.78, 5) is 24.1. The number of imidazole rings is 1. The van der Waals surface area contributed by atoms with Gasteiger partial charge in [-0.3, -0.25) is 9.88 Å². The van der Waals surface area contributed by atoms with Gasteiger partial charge in [-0.15, -0.1) is 0 Å². The van der Waals surface area contributed by atoms with Crippen LogP contribution >= 0.6 is 0 Å². The maximum absolute atomic E-state index is 12.6. The van der Waals surface area contributed by atoms with Crippen LogP contribution in [0.5, 0.6) is 5.75 Å². The number of likely N-dealkylation sites (tertiary alicyclic amines) is 1. The molecule has 0 unspecified atom stereocenters. The molecule has 1 saturated heterocycles. The van der Waals surface area contributed by atoms with E-state index in [-0.39, 0.29) is 5.04 Å². The van der Waals surface area contributed by atoms with Gasteiger partial charge in [-0.25, -0.2) is 9.78 Å². The first-order valence-electron chi connectivity index (χ1n) is 17.6. The van der Waals surface area contributed by atoms with Crippen molar-refractivity contribution < 1.29 is 19.1 Å². The normalized spacial score (nSPS) is 17.6. The number of ether oxygens (including phenoxy) is 1. The van der Waals surface area contributed by atoms with Crippen molar-refractivity contribution in [1.82, 2.24) is 19.4 Å². The van der Waals surface area contributed by atoms with Gasteiger partial charge in [0, 0.05) is 38.5 Å².